The Bertz CT molecular complexity index is 189. The average molecular weight is 165 g/mol. The second-order valence-corrected chi connectivity index (χ2v) is 3.60. The van der Waals surface area contributed by atoms with Crippen LogP contribution in [0.1, 0.15) is 26.2 Å². The van der Waals surface area contributed by atoms with E-state index in [9.17, 15) is 0 Å². The summed E-state index contributed by atoms with van der Waals surface area (Å²) in [6.45, 7) is 2.25. The van der Waals surface area contributed by atoms with E-state index in [-0.39, 0.29) is 0 Å². The molecule has 0 saturated heterocycles. The molecular weight excluding hydrogens is 146 g/mol. The van der Waals surface area contributed by atoms with Gasteiger partial charge in [-0.15, -0.1) is 0 Å². The van der Waals surface area contributed by atoms with Crippen molar-refractivity contribution < 1.29 is 0 Å². The van der Waals surface area contributed by atoms with E-state index < -0.39 is 0 Å². The molecule has 1 aliphatic carbocycles. The van der Waals surface area contributed by atoms with Gasteiger partial charge in [-0.1, -0.05) is 30.7 Å². The van der Waals surface area contributed by atoms with Gasteiger partial charge in [-0.2, -0.15) is 0 Å². The summed E-state index contributed by atoms with van der Waals surface area (Å²) in [5.41, 5.74) is 1.59. The molecule has 0 spiro atoms. The molecule has 0 radical (unpaired) electrons. The Morgan fingerprint density at radius 2 is 2.25 bits per heavy atom. The molecule has 1 nitrogen and oxygen atoms in total. The van der Waals surface area contributed by atoms with Gasteiger partial charge in [0, 0.05) is 6.04 Å². The molecule has 0 saturated carbocycles. The van der Waals surface area contributed by atoms with Crippen molar-refractivity contribution in [1.82, 2.24) is 4.90 Å². The highest BCUT2D eigenvalue weighted by atomic mass is 15.1. The molecule has 0 heterocycles. The van der Waals surface area contributed by atoms with Gasteiger partial charge < -0.3 is 4.90 Å². The standard InChI is InChI=1S/C11H19N/c1-4-11(12(2)3)10-8-6-5-7-9-10/h5-6,8,11H,4,7,9H2,1-3H3. The zero-order valence-electron chi connectivity index (χ0n) is 8.38. The van der Waals surface area contributed by atoms with Crippen LogP contribution in [0.5, 0.6) is 0 Å². The van der Waals surface area contributed by atoms with Crippen LogP contribution in [-0.4, -0.2) is 25.0 Å². The Balaban J connectivity index is 2.64. The number of rotatable bonds is 3. The van der Waals surface area contributed by atoms with Crippen molar-refractivity contribution in [2.24, 2.45) is 0 Å². The van der Waals surface area contributed by atoms with Crippen molar-refractivity contribution in [3.63, 3.8) is 0 Å². The lowest BCUT2D eigenvalue weighted by atomic mass is 9.95. The maximum Gasteiger partial charge on any atom is 0.0302 e. The summed E-state index contributed by atoms with van der Waals surface area (Å²) >= 11 is 0. The summed E-state index contributed by atoms with van der Waals surface area (Å²) in [6.07, 6.45) is 10.4. The van der Waals surface area contributed by atoms with Gasteiger partial charge in [-0.25, -0.2) is 0 Å². The fourth-order valence-electron chi connectivity index (χ4n) is 1.86. The molecule has 68 valence electrons. The van der Waals surface area contributed by atoms with Gasteiger partial charge in [0.1, 0.15) is 0 Å². The van der Waals surface area contributed by atoms with Gasteiger partial charge in [-0.3, -0.25) is 0 Å². The van der Waals surface area contributed by atoms with E-state index in [0.717, 1.165) is 0 Å². The number of likely N-dealkylation sites (N-methyl/N-ethyl adjacent to an activating group) is 1. The summed E-state index contributed by atoms with van der Waals surface area (Å²) in [4.78, 5) is 2.31. The summed E-state index contributed by atoms with van der Waals surface area (Å²) in [5, 5.41) is 0. The van der Waals surface area contributed by atoms with Crippen LogP contribution >= 0.6 is 0 Å². The van der Waals surface area contributed by atoms with Crippen LogP contribution in [0.15, 0.2) is 23.8 Å². The zero-order chi connectivity index (χ0) is 8.97. The fourth-order valence-corrected chi connectivity index (χ4v) is 1.86. The number of hydrogen-bond acceptors (Lipinski definition) is 1. The second-order valence-electron chi connectivity index (χ2n) is 3.60. The molecular formula is C11H19N. The number of hydrogen-bond donors (Lipinski definition) is 0. The van der Waals surface area contributed by atoms with E-state index in [4.69, 9.17) is 0 Å². The van der Waals surface area contributed by atoms with Crippen LogP contribution in [0.25, 0.3) is 0 Å². The van der Waals surface area contributed by atoms with Crippen LogP contribution < -0.4 is 0 Å². The predicted octanol–water partition coefficient (Wildman–Crippen LogP) is 2.60. The largest absolute Gasteiger partial charge is 0.303 e. The van der Waals surface area contributed by atoms with Gasteiger partial charge in [0.2, 0.25) is 0 Å². The van der Waals surface area contributed by atoms with Crippen molar-refractivity contribution in [1.29, 1.82) is 0 Å². The SMILES string of the molecule is CCC(C1=CC=CCC1)N(C)C. The maximum absolute atomic E-state index is 2.31. The summed E-state index contributed by atoms with van der Waals surface area (Å²) < 4.78 is 0. The first-order valence-corrected chi connectivity index (χ1v) is 4.77. The first-order chi connectivity index (χ1) is 5.75. The van der Waals surface area contributed by atoms with Crippen LogP contribution in [0.2, 0.25) is 0 Å². The molecule has 1 aliphatic rings. The normalized spacial score (nSPS) is 19.5. The molecule has 1 rings (SSSR count). The Kier molecular flexibility index (Phi) is 3.54. The van der Waals surface area contributed by atoms with Crippen LogP contribution in [0, 0.1) is 0 Å². The minimum atomic E-state index is 0.648. The minimum absolute atomic E-state index is 0.648. The van der Waals surface area contributed by atoms with E-state index >= 15 is 0 Å². The highest BCUT2D eigenvalue weighted by Crippen LogP contribution is 2.20. The van der Waals surface area contributed by atoms with Crippen LogP contribution in [-0.2, 0) is 0 Å². The summed E-state index contributed by atoms with van der Waals surface area (Å²) in [7, 11) is 4.32. The second kappa shape index (κ2) is 4.46. The Morgan fingerprint density at radius 3 is 2.67 bits per heavy atom. The van der Waals surface area contributed by atoms with Crippen LogP contribution in [0.4, 0.5) is 0 Å². The third kappa shape index (κ3) is 2.21. The molecule has 0 aromatic rings. The Hall–Kier alpha value is -0.560. The van der Waals surface area contributed by atoms with Crippen molar-refractivity contribution in [2.45, 2.75) is 32.2 Å². The number of allylic oxidation sites excluding steroid dienone is 3. The Labute approximate surface area is 75.8 Å². The molecule has 1 unspecified atom stereocenters. The lowest BCUT2D eigenvalue weighted by Crippen LogP contribution is -2.29. The molecule has 0 bridgehead atoms. The predicted molar refractivity (Wildman–Crippen MR) is 54.2 cm³/mol. The molecule has 0 fully saturated rings. The lowest BCUT2D eigenvalue weighted by Gasteiger charge is -2.26. The fraction of sp³-hybridized carbons (Fsp3) is 0.636. The van der Waals surface area contributed by atoms with E-state index in [1.807, 2.05) is 0 Å². The van der Waals surface area contributed by atoms with Gasteiger partial charge >= 0.3 is 0 Å². The smallest absolute Gasteiger partial charge is 0.0302 e. The van der Waals surface area contributed by atoms with Gasteiger partial charge in [0.15, 0.2) is 0 Å². The van der Waals surface area contributed by atoms with E-state index in [2.05, 4.69) is 44.1 Å². The quantitative estimate of drug-likeness (QED) is 0.621. The molecule has 1 atom stereocenters. The van der Waals surface area contributed by atoms with Gasteiger partial charge in [0.25, 0.3) is 0 Å². The summed E-state index contributed by atoms with van der Waals surface area (Å²) in [5.74, 6) is 0. The van der Waals surface area contributed by atoms with Gasteiger partial charge in [0.05, 0.1) is 0 Å². The average Bonchev–Trinajstić information content (AvgIpc) is 2.07. The molecule has 0 aromatic carbocycles. The highest BCUT2D eigenvalue weighted by molar-refractivity contribution is 5.22. The van der Waals surface area contributed by atoms with E-state index in [1.54, 1.807) is 5.57 Å². The monoisotopic (exact) mass is 165 g/mol. The van der Waals surface area contributed by atoms with Crippen molar-refractivity contribution in [3.05, 3.63) is 23.8 Å². The first-order valence-electron chi connectivity index (χ1n) is 4.77. The molecule has 1 heteroatoms. The van der Waals surface area contributed by atoms with Crippen molar-refractivity contribution >= 4 is 0 Å². The molecule has 0 N–H and O–H groups in total. The lowest BCUT2D eigenvalue weighted by molar-refractivity contribution is 0.316. The Morgan fingerprint density at radius 1 is 1.50 bits per heavy atom. The molecule has 0 amide bonds. The molecule has 12 heavy (non-hydrogen) atoms. The van der Waals surface area contributed by atoms with Crippen LogP contribution in [0.3, 0.4) is 0 Å². The third-order valence-electron chi connectivity index (χ3n) is 2.48. The minimum Gasteiger partial charge on any atom is -0.303 e. The maximum atomic E-state index is 2.31. The highest BCUT2D eigenvalue weighted by Gasteiger charge is 2.14. The van der Waals surface area contributed by atoms with Crippen molar-refractivity contribution in [3.8, 4) is 0 Å². The topological polar surface area (TPSA) is 3.24 Å². The van der Waals surface area contributed by atoms with E-state index in [1.165, 1.54) is 19.3 Å². The summed E-state index contributed by atoms with van der Waals surface area (Å²) in [6, 6.07) is 0.648. The number of nitrogens with zero attached hydrogens (tertiary/aromatic N) is 1. The van der Waals surface area contributed by atoms with Crippen molar-refractivity contribution in [2.75, 3.05) is 14.1 Å². The molecule has 0 aromatic heterocycles. The first kappa shape index (κ1) is 9.53. The van der Waals surface area contributed by atoms with Gasteiger partial charge in [-0.05, 0) is 33.4 Å². The van der Waals surface area contributed by atoms with E-state index in [0.29, 0.717) is 6.04 Å². The third-order valence-corrected chi connectivity index (χ3v) is 2.48. The zero-order valence-corrected chi connectivity index (χ0v) is 8.38. The molecule has 0 aliphatic heterocycles.